The average Bonchev–Trinajstić information content (AvgIpc) is 2.74. The number of nitrogens with one attached hydrogen (secondary N) is 1. The second-order valence-corrected chi connectivity index (χ2v) is 4.57. The van der Waals surface area contributed by atoms with Crippen LogP contribution < -0.4 is 11.1 Å². The first-order valence-electron chi connectivity index (χ1n) is 5.38. The van der Waals surface area contributed by atoms with Gasteiger partial charge in [-0.05, 0) is 37.5 Å². The molecule has 78 valence electrons. The first-order valence-corrected chi connectivity index (χ1v) is 5.38. The molecule has 0 aliphatic heterocycles. The summed E-state index contributed by atoms with van der Waals surface area (Å²) >= 11 is 0. The normalized spacial score (nSPS) is 36.0. The van der Waals surface area contributed by atoms with Crippen LogP contribution in [0.15, 0.2) is 12.2 Å². The second-order valence-electron chi connectivity index (χ2n) is 4.57. The maximum Gasteiger partial charge on any atom is 0.236 e. The molecule has 1 amide bonds. The Morgan fingerprint density at radius 3 is 2.86 bits per heavy atom. The van der Waals surface area contributed by atoms with E-state index in [1.165, 1.54) is 12.8 Å². The summed E-state index contributed by atoms with van der Waals surface area (Å²) in [6.45, 7) is 2.52. The Balaban J connectivity index is 1.77. The highest BCUT2D eigenvalue weighted by Crippen LogP contribution is 2.42. The summed E-state index contributed by atoms with van der Waals surface area (Å²) in [5.41, 5.74) is 5.47. The molecule has 0 aromatic rings. The zero-order valence-electron chi connectivity index (χ0n) is 8.57. The molecule has 3 heteroatoms. The SMILES string of the molecule is CC(N)C(=O)NC[C@@H]1C[C@H]2C=C[C@@H]1C2. The summed E-state index contributed by atoms with van der Waals surface area (Å²) in [7, 11) is 0. The summed E-state index contributed by atoms with van der Waals surface area (Å²) in [6, 6.07) is -0.385. The molecule has 2 rings (SSSR count). The maximum atomic E-state index is 11.3. The van der Waals surface area contributed by atoms with Crippen LogP contribution >= 0.6 is 0 Å². The van der Waals surface area contributed by atoms with E-state index < -0.39 is 0 Å². The monoisotopic (exact) mass is 194 g/mol. The Labute approximate surface area is 84.7 Å². The number of allylic oxidation sites excluding steroid dienone is 2. The standard InChI is InChI=1S/C11H18N2O/c1-7(12)11(14)13-6-10-5-8-2-3-9(10)4-8/h2-3,7-10H,4-6,12H2,1H3,(H,13,14)/t7?,8-,9+,10-/m0/s1. The third-order valence-corrected chi connectivity index (χ3v) is 3.37. The molecule has 3 N–H and O–H groups in total. The number of carbonyl (C=O) groups excluding carboxylic acids is 1. The quantitative estimate of drug-likeness (QED) is 0.648. The molecule has 14 heavy (non-hydrogen) atoms. The molecule has 1 unspecified atom stereocenters. The van der Waals surface area contributed by atoms with Crippen LogP contribution in [0.3, 0.4) is 0 Å². The van der Waals surface area contributed by atoms with E-state index in [4.69, 9.17) is 5.73 Å². The van der Waals surface area contributed by atoms with E-state index in [1.54, 1.807) is 6.92 Å². The summed E-state index contributed by atoms with van der Waals surface area (Å²) in [4.78, 5) is 11.3. The van der Waals surface area contributed by atoms with E-state index >= 15 is 0 Å². The van der Waals surface area contributed by atoms with E-state index in [9.17, 15) is 4.79 Å². The highest BCUT2D eigenvalue weighted by Gasteiger charge is 2.35. The molecule has 2 aliphatic carbocycles. The summed E-state index contributed by atoms with van der Waals surface area (Å²) in [5, 5.41) is 2.91. The minimum Gasteiger partial charge on any atom is -0.354 e. The molecule has 0 aromatic heterocycles. The molecular formula is C11H18N2O. The van der Waals surface area contributed by atoms with E-state index in [1.807, 2.05) is 0 Å². The Morgan fingerprint density at radius 1 is 1.57 bits per heavy atom. The van der Waals surface area contributed by atoms with Crippen molar-refractivity contribution >= 4 is 5.91 Å². The lowest BCUT2D eigenvalue weighted by Crippen LogP contribution is -2.41. The van der Waals surface area contributed by atoms with Crippen LogP contribution in [-0.4, -0.2) is 18.5 Å². The topological polar surface area (TPSA) is 55.1 Å². The van der Waals surface area contributed by atoms with Crippen LogP contribution in [0.1, 0.15) is 19.8 Å². The largest absolute Gasteiger partial charge is 0.354 e. The Bertz CT molecular complexity index is 260. The Hall–Kier alpha value is -0.830. The molecule has 0 heterocycles. The van der Waals surface area contributed by atoms with Crippen molar-refractivity contribution in [3.05, 3.63) is 12.2 Å². The van der Waals surface area contributed by atoms with Gasteiger partial charge >= 0.3 is 0 Å². The molecule has 0 spiro atoms. The minimum atomic E-state index is -0.385. The van der Waals surface area contributed by atoms with Gasteiger partial charge in [-0.2, -0.15) is 0 Å². The van der Waals surface area contributed by atoms with Crippen molar-refractivity contribution in [1.82, 2.24) is 5.32 Å². The number of nitrogens with two attached hydrogens (primary N) is 1. The van der Waals surface area contributed by atoms with Crippen LogP contribution in [0.25, 0.3) is 0 Å². The highest BCUT2D eigenvalue weighted by molar-refractivity contribution is 5.80. The summed E-state index contributed by atoms with van der Waals surface area (Å²) < 4.78 is 0. The summed E-state index contributed by atoms with van der Waals surface area (Å²) in [6.07, 6.45) is 7.14. The molecule has 1 fully saturated rings. The molecule has 0 radical (unpaired) electrons. The average molecular weight is 194 g/mol. The number of hydrogen-bond donors (Lipinski definition) is 2. The fourth-order valence-corrected chi connectivity index (χ4v) is 2.52. The van der Waals surface area contributed by atoms with Gasteiger partial charge in [0.05, 0.1) is 6.04 Å². The molecule has 1 saturated carbocycles. The fraction of sp³-hybridized carbons (Fsp3) is 0.727. The Morgan fingerprint density at radius 2 is 2.36 bits per heavy atom. The lowest BCUT2D eigenvalue weighted by Gasteiger charge is -2.19. The van der Waals surface area contributed by atoms with Crippen LogP contribution in [0.4, 0.5) is 0 Å². The summed E-state index contributed by atoms with van der Waals surface area (Å²) in [5.74, 6) is 2.09. The smallest absolute Gasteiger partial charge is 0.236 e. The third-order valence-electron chi connectivity index (χ3n) is 3.37. The van der Waals surface area contributed by atoms with Gasteiger partial charge in [0, 0.05) is 6.54 Å². The highest BCUT2D eigenvalue weighted by atomic mass is 16.2. The van der Waals surface area contributed by atoms with Crippen molar-refractivity contribution < 1.29 is 4.79 Å². The van der Waals surface area contributed by atoms with Crippen molar-refractivity contribution in [3.63, 3.8) is 0 Å². The van der Waals surface area contributed by atoms with Crippen LogP contribution in [0.5, 0.6) is 0 Å². The van der Waals surface area contributed by atoms with E-state index in [-0.39, 0.29) is 11.9 Å². The van der Waals surface area contributed by atoms with E-state index in [0.717, 1.165) is 12.5 Å². The van der Waals surface area contributed by atoms with Crippen LogP contribution in [0.2, 0.25) is 0 Å². The molecule has 2 aliphatic rings. The third kappa shape index (κ3) is 1.82. The predicted molar refractivity (Wildman–Crippen MR) is 55.5 cm³/mol. The van der Waals surface area contributed by atoms with Crippen molar-refractivity contribution in [2.75, 3.05) is 6.54 Å². The van der Waals surface area contributed by atoms with Gasteiger partial charge in [0.2, 0.25) is 5.91 Å². The number of hydrogen-bond acceptors (Lipinski definition) is 2. The van der Waals surface area contributed by atoms with Gasteiger partial charge in [0.1, 0.15) is 0 Å². The molecule has 0 aromatic carbocycles. The van der Waals surface area contributed by atoms with Gasteiger partial charge in [-0.25, -0.2) is 0 Å². The van der Waals surface area contributed by atoms with Crippen molar-refractivity contribution in [1.29, 1.82) is 0 Å². The number of fused-ring (bicyclic) bond motifs is 2. The van der Waals surface area contributed by atoms with Gasteiger partial charge in [0.15, 0.2) is 0 Å². The molecule has 2 bridgehead atoms. The van der Waals surface area contributed by atoms with Gasteiger partial charge in [-0.1, -0.05) is 12.2 Å². The first kappa shape index (κ1) is 9.71. The van der Waals surface area contributed by atoms with Gasteiger partial charge in [-0.3, -0.25) is 4.79 Å². The maximum absolute atomic E-state index is 11.3. The molecule has 3 nitrogen and oxygen atoms in total. The number of amides is 1. The minimum absolute atomic E-state index is 0.0308. The second kappa shape index (κ2) is 3.73. The van der Waals surface area contributed by atoms with E-state index in [0.29, 0.717) is 11.8 Å². The van der Waals surface area contributed by atoms with Crippen molar-refractivity contribution in [3.8, 4) is 0 Å². The lowest BCUT2D eigenvalue weighted by atomic mass is 9.93. The zero-order chi connectivity index (χ0) is 10.1. The molecular weight excluding hydrogens is 176 g/mol. The van der Waals surface area contributed by atoms with Crippen LogP contribution in [0, 0.1) is 17.8 Å². The van der Waals surface area contributed by atoms with Crippen molar-refractivity contribution in [2.45, 2.75) is 25.8 Å². The molecule has 0 saturated heterocycles. The first-order chi connectivity index (χ1) is 6.66. The van der Waals surface area contributed by atoms with Gasteiger partial charge in [0.25, 0.3) is 0 Å². The van der Waals surface area contributed by atoms with Crippen LogP contribution in [-0.2, 0) is 4.79 Å². The number of carbonyl (C=O) groups is 1. The number of rotatable bonds is 3. The van der Waals surface area contributed by atoms with Gasteiger partial charge < -0.3 is 11.1 Å². The lowest BCUT2D eigenvalue weighted by molar-refractivity contribution is -0.122. The Kier molecular flexibility index (Phi) is 2.59. The van der Waals surface area contributed by atoms with E-state index in [2.05, 4.69) is 17.5 Å². The predicted octanol–water partition coefficient (Wildman–Crippen LogP) is 0.662. The van der Waals surface area contributed by atoms with Crippen molar-refractivity contribution in [2.24, 2.45) is 23.5 Å². The fourth-order valence-electron chi connectivity index (χ4n) is 2.52. The zero-order valence-corrected chi connectivity index (χ0v) is 8.57. The van der Waals surface area contributed by atoms with Gasteiger partial charge in [-0.15, -0.1) is 0 Å². The molecule has 4 atom stereocenters.